The maximum Gasteiger partial charge on any atom is 0.323 e. The van der Waals surface area contributed by atoms with Crippen LogP contribution < -0.4 is 20.7 Å². The van der Waals surface area contributed by atoms with Gasteiger partial charge in [-0.2, -0.15) is 9.82 Å². The number of nitrogens with one attached hydrogen (secondary N) is 5. The molecule has 1 aliphatic heterocycles. The number of rotatable bonds is 12. The molecule has 0 saturated carbocycles. The first-order valence-electron chi connectivity index (χ1n) is 14.3. The van der Waals surface area contributed by atoms with Gasteiger partial charge in [-0.3, -0.25) is 19.7 Å². The molecule has 4 aromatic rings. The van der Waals surface area contributed by atoms with Crippen LogP contribution in [-0.2, 0) is 21.2 Å². The third-order valence-corrected chi connectivity index (χ3v) is 9.15. The number of benzene rings is 3. The van der Waals surface area contributed by atoms with Gasteiger partial charge in [-0.05, 0) is 55.0 Å². The normalized spacial score (nSPS) is 13.7. The molecule has 44 heavy (non-hydrogen) atoms. The Bertz CT molecular complexity index is 1800. The average molecular weight is 618 g/mol. The first-order valence-corrected chi connectivity index (χ1v) is 15.8. The highest BCUT2D eigenvalue weighted by Crippen LogP contribution is 2.28. The Morgan fingerprint density at radius 1 is 1.02 bits per heavy atom. The van der Waals surface area contributed by atoms with Crippen LogP contribution in [0.4, 0.5) is 0 Å². The van der Waals surface area contributed by atoms with Crippen LogP contribution >= 0.6 is 0 Å². The number of nitrogens with zero attached hydrogens (tertiary/aromatic N) is 2. The Hall–Kier alpha value is -4.75. The number of aryl methyl sites for hydroxylation is 3. The predicted octanol–water partition coefficient (Wildman–Crippen LogP) is 2.49. The maximum atomic E-state index is 13.4. The molecule has 230 valence electrons. The van der Waals surface area contributed by atoms with Crippen molar-refractivity contribution in [1.29, 1.82) is 0 Å². The fraction of sp³-hybridized carbons (Fsp3) is 0.290. The number of amides is 1. The summed E-state index contributed by atoms with van der Waals surface area (Å²) in [5, 5.41) is 26.9. The quantitative estimate of drug-likeness (QED) is 0.131. The summed E-state index contributed by atoms with van der Waals surface area (Å²) in [5.41, 5.74) is 4.34. The molecule has 0 bridgehead atoms. The summed E-state index contributed by atoms with van der Waals surface area (Å²) in [6, 6.07) is 16.7. The SMILES string of the molecule is Cc1cc(-c2ccccc2)cc(C)c1S(=O)(=O)NC(CNC(=O)c1cccc2c(CCCNC3=NCCN3)n[nH]c12)C(=O)O. The van der Waals surface area contributed by atoms with Gasteiger partial charge < -0.3 is 21.1 Å². The van der Waals surface area contributed by atoms with Gasteiger partial charge in [0.15, 0.2) is 5.96 Å². The number of aromatic nitrogens is 2. The summed E-state index contributed by atoms with van der Waals surface area (Å²) in [6.07, 6.45) is 1.46. The predicted molar refractivity (Wildman–Crippen MR) is 168 cm³/mol. The molecular weight excluding hydrogens is 582 g/mol. The van der Waals surface area contributed by atoms with Gasteiger partial charge in [0.25, 0.3) is 5.91 Å². The highest BCUT2D eigenvalue weighted by molar-refractivity contribution is 7.89. The van der Waals surface area contributed by atoms with E-state index < -0.39 is 34.5 Å². The van der Waals surface area contributed by atoms with Crippen molar-refractivity contribution in [2.45, 2.75) is 37.6 Å². The summed E-state index contributed by atoms with van der Waals surface area (Å²) < 4.78 is 29.1. The summed E-state index contributed by atoms with van der Waals surface area (Å²) in [6.45, 7) is 5.18. The zero-order valence-electron chi connectivity index (χ0n) is 24.5. The molecule has 1 aliphatic rings. The topological polar surface area (TPSA) is 178 Å². The van der Waals surface area contributed by atoms with Gasteiger partial charge in [-0.1, -0.05) is 54.6 Å². The molecule has 0 radical (unpaired) electrons. The fourth-order valence-corrected chi connectivity index (χ4v) is 6.98. The van der Waals surface area contributed by atoms with Crippen LogP contribution in [0.1, 0.15) is 33.6 Å². The molecule has 0 aliphatic carbocycles. The van der Waals surface area contributed by atoms with Crippen molar-refractivity contribution >= 4 is 38.8 Å². The van der Waals surface area contributed by atoms with Crippen LogP contribution in [0, 0.1) is 13.8 Å². The van der Waals surface area contributed by atoms with E-state index in [4.69, 9.17) is 0 Å². The Kier molecular flexibility index (Phi) is 9.26. The second-order valence-corrected chi connectivity index (χ2v) is 12.3. The molecular formula is C31H35N7O5S. The molecule has 13 heteroatoms. The first kappa shape index (κ1) is 30.7. The molecule has 2 heterocycles. The molecule has 0 fully saturated rings. The molecule has 0 saturated heterocycles. The van der Waals surface area contributed by atoms with Gasteiger partial charge in [-0.15, -0.1) is 0 Å². The fourth-order valence-electron chi connectivity index (χ4n) is 5.34. The Balaban J connectivity index is 1.25. The summed E-state index contributed by atoms with van der Waals surface area (Å²) in [4.78, 5) is 29.5. The number of hydrogen-bond acceptors (Lipinski definition) is 8. The van der Waals surface area contributed by atoms with E-state index in [1.807, 2.05) is 36.4 Å². The lowest BCUT2D eigenvalue weighted by molar-refractivity contribution is -0.138. The number of carboxylic acids is 1. The van der Waals surface area contributed by atoms with E-state index >= 15 is 0 Å². The lowest BCUT2D eigenvalue weighted by atomic mass is 10.0. The number of fused-ring (bicyclic) bond motifs is 1. The van der Waals surface area contributed by atoms with E-state index in [-0.39, 0.29) is 10.5 Å². The van der Waals surface area contributed by atoms with Crippen molar-refractivity contribution in [3.05, 3.63) is 83.0 Å². The van der Waals surface area contributed by atoms with Crippen LogP contribution in [0.3, 0.4) is 0 Å². The van der Waals surface area contributed by atoms with Crippen molar-refractivity contribution < 1.29 is 23.1 Å². The number of H-pyrrole nitrogens is 1. The van der Waals surface area contributed by atoms with Gasteiger partial charge in [0.05, 0.1) is 28.2 Å². The van der Waals surface area contributed by atoms with Gasteiger partial charge >= 0.3 is 5.97 Å². The van der Waals surface area contributed by atoms with Crippen molar-refractivity contribution in [3.8, 4) is 11.1 Å². The molecule has 1 amide bonds. The number of aromatic amines is 1. The smallest absolute Gasteiger partial charge is 0.323 e. The monoisotopic (exact) mass is 617 g/mol. The van der Waals surface area contributed by atoms with Crippen LogP contribution in [0.15, 0.2) is 70.6 Å². The minimum atomic E-state index is -4.24. The first-order chi connectivity index (χ1) is 21.1. The van der Waals surface area contributed by atoms with E-state index in [2.05, 4.69) is 35.9 Å². The Morgan fingerprint density at radius 2 is 1.77 bits per heavy atom. The molecule has 1 atom stereocenters. The second-order valence-electron chi connectivity index (χ2n) is 10.6. The van der Waals surface area contributed by atoms with Crippen LogP contribution in [0.25, 0.3) is 22.0 Å². The average Bonchev–Trinajstić information content (AvgIpc) is 3.67. The zero-order valence-corrected chi connectivity index (χ0v) is 25.3. The number of carboxylic acid groups (broad SMARTS) is 1. The Labute approximate surface area is 255 Å². The minimum Gasteiger partial charge on any atom is -0.480 e. The lowest BCUT2D eigenvalue weighted by Crippen LogP contribution is -2.48. The van der Waals surface area contributed by atoms with E-state index in [1.54, 1.807) is 38.1 Å². The number of aliphatic imine (C=N–C) groups is 1. The maximum absolute atomic E-state index is 13.4. The molecule has 0 spiro atoms. The molecule has 1 aromatic heterocycles. The lowest BCUT2D eigenvalue weighted by Gasteiger charge is -2.19. The minimum absolute atomic E-state index is 0.00667. The Morgan fingerprint density at radius 3 is 2.45 bits per heavy atom. The van der Waals surface area contributed by atoms with E-state index in [0.29, 0.717) is 29.6 Å². The molecule has 6 N–H and O–H groups in total. The number of guanidine groups is 1. The van der Waals surface area contributed by atoms with Crippen LogP contribution in [0.2, 0.25) is 0 Å². The van der Waals surface area contributed by atoms with Gasteiger partial charge in [0, 0.05) is 25.0 Å². The second kappa shape index (κ2) is 13.3. The summed E-state index contributed by atoms with van der Waals surface area (Å²) in [7, 11) is -4.24. The van der Waals surface area contributed by atoms with E-state index in [1.165, 1.54) is 0 Å². The van der Waals surface area contributed by atoms with Crippen LogP contribution in [-0.4, -0.2) is 73.8 Å². The van der Waals surface area contributed by atoms with Crippen molar-refractivity contribution in [2.24, 2.45) is 4.99 Å². The molecule has 1 unspecified atom stereocenters. The largest absolute Gasteiger partial charge is 0.480 e. The highest BCUT2D eigenvalue weighted by atomic mass is 32.2. The van der Waals surface area contributed by atoms with Crippen molar-refractivity contribution in [1.82, 2.24) is 30.9 Å². The summed E-state index contributed by atoms with van der Waals surface area (Å²) >= 11 is 0. The van der Waals surface area contributed by atoms with E-state index in [9.17, 15) is 23.1 Å². The number of sulfonamides is 1. The summed E-state index contributed by atoms with van der Waals surface area (Å²) in [5.74, 6) is -1.17. The van der Waals surface area contributed by atoms with Crippen molar-refractivity contribution in [2.75, 3.05) is 26.2 Å². The van der Waals surface area contributed by atoms with E-state index in [0.717, 1.165) is 47.7 Å². The molecule has 3 aromatic carbocycles. The number of carbonyl (C=O) groups is 2. The third-order valence-electron chi connectivity index (χ3n) is 7.38. The number of carbonyl (C=O) groups excluding carboxylic acids is 1. The standard InChI is InChI=1S/C31H35N7O5S/c1-19-16-22(21-8-4-3-5-9-21)17-20(2)28(19)44(42,43)38-26(30(40)41)18-35-29(39)24-11-6-10-23-25(36-37-27(23)24)12-7-13-32-31-33-14-15-34-31/h3-6,8-11,16-17,26,38H,7,12-15,18H2,1-2H3,(H,35,39)(H,36,37)(H,40,41)(H2,32,33,34). The number of aliphatic carboxylic acids is 1. The third kappa shape index (κ3) is 6.90. The number of hydrogen-bond donors (Lipinski definition) is 6. The highest BCUT2D eigenvalue weighted by Gasteiger charge is 2.29. The van der Waals surface area contributed by atoms with Gasteiger partial charge in [0.2, 0.25) is 10.0 Å². The molecule has 5 rings (SSSR count). The zero-order chi connectivity index (χ0) is 31.3. The van der Waals surface area contributed by atoms with Crippen LogP contribution in [0.5, 0.6) is 0 Å². The van der Waals surface area contributed by atoms with Gasteiger partial charge in [-0.25, -0.2) is 8.42 Å². The molecule has 12 nitrogen and oxygen atoms in total. The number of para-hydroxylation sites is 1. The van der Waals surface area contributed by atoms with Gasteiger partial charge in [0.1, 0.15) is 6.04 Å². The van der Waals surface area contributed by atoms with Crippen molar-refractivity contribution in [3.63, 3.8) is 0 Å².